The van der Waals surface area contributed by atoms with Crippen molar-refractivity contribution in [2.24, 2.45) is 5.92 Å². The van der Waals surface area contributed by atoms with Crippen LogP contribution in [0.1, 0.15) is 19.3 Å². The third kappa shape index (κ3) is 4.40. The average molecular weight is 438 g/mol. The Kier molecular flexibility index (Phi) is 5.52. The number of rotatable bonds is 6. The van der Waals surface area contributed by atoms with Gasteiger partial charge in [0, 0.05) is 5.02 Å². The number of carbonyl (C=O) groups is 1. The van der Waals surface area contributed by atoms with Crippen molar-refractivity contribution in [3.8, 4) is 11.5 Å². The molecule has 2 heterocycles. The Balaban J connectivity index is 1.49. The monoisotopic (exact) mass is 437 g/mol. The largest absolute Gasteiger partial charge is 0.481 e. The quantitative estimate of drug-likeness (QED) is 0.717. The van der Waals surface area contributed by atoms with Crippen LogP contribution in [0.3, 0.4) is 0 Å². The first-order valence-corrected chi connectivity index (χ1v) is 11.1. The molecule has 0 amide bonds. The summed E-state index contributed by atoms with van der Waals surface area (Å²) in [4.78, 5) is 11.7. The molecule has 2 bridgehead atoms. The molecule has 0 aromatic heterocycles. The standard InChI is InChI=1S/C20H20ClNO6S/c21-12-1-3-13(4-2-12)27-14-5-8-16(9-6-14)29(25,26)22-19-17(20(23)24)11-15-7-10-18(19)28-15/h1-6,8-9,15,17-19,22H,7,10-11H2,(H,23,24). The predicted molar refractivity (Wildman–Crippen MR) is 106 cm³/mol. The van der Waals surface area contributed by atoms with Crippen molar-refractivity contribution in [3.63, 3.8) is 0 Å². The van der Waals surface area contributed by atoms with Crippen LogP contribution in [0.4, 0.5) is 0 Å². The summed E-state index contributed by atoms with van der Waals surface area (Å²) < 4.78 is 39.6. The van der Waals surface area contributed by atoms with Crippen LogP contribution in [0.25, 0.3) is 0 Å². The van der Waals surface area contributed by atoms with Crippen LogP contribution in [0.15, 0.2) is 53.4 Å². The lowest BCUT2D eigenvalue weighted by Gasteiger charge is -2.34. The van der Waals surface area contributed by atoms with Gasteiger partial charge in [-0.2, -0.15) is 0 Å². The smallest absolute Gasteiger partial charge is 0.308 e. The molecule has 2 aromatic rings. The highest BCUT2D eigenvalue weighted by Crippen LogP contribution is 2.37. The van der Waals surface area contributed by atoms with Gasteiger partial charge in [0.1, 0.15) is 11.5 Å². The summed E-state index contributed by atoms with van der Waals surface area (Å²) in [7, 11) is -3.91. The molecular weight excluding hydrogens is 418 g/mol. The SMILES string of the molecule is O=C(O)C1CC2CCC(O2)C1NS(=O)(=O)c1ccc(Oc2ccc(Cl)cc2)cc1. The van der Waals surface area contributed by atoms with E-state index in [2.05, 4.69) is 4.72 Å². The van der Waals surface area contributed by atoms with E-state index in [0.29, 0.717) is 29.4 Å². The van der Waals surface area contributed by atoms with Crippen molar-refractivity contribution in [3.05, 3.63) is 53.6 Å². The number of carboxylic acids is 1. The Morgan fingerprint density at radius 2 is 1.69 bits per heavy atom. The number of fused-ring (bicyclic) bond motifs is 2. The van der Waals surface area contributed by atoms with Gasteiger partial charge in [-0.05, 0) is 67.8 Å². The summed E-state index contributed by atoms with van der Waals surface area (Å²) >= 11 is 5.84. The Morgan fingerprint density at radius 3 is 2.31 bits per heavy atom. The van der Waals surface area contributed by atoms with E-state index < -0.39 is 34.1 Å². The number of benzene rings is 2. The Bertz CT molecular complexity index is 993. The number of hydrogen-bond donors (Lipinski definition) is 2. The van der Waals surface area contributed by atoms with E-state index in [9.17, 15) is 18.3 Å². The first-order valence-electron chi connectivity index (χ1n) is 9.26. The molecule has 0 saturated carbocycles. The van der Waals surface area contributed by atoms with Crippen LogP contribution in [-0.2, 0) is 19.6 Å². The van der Waals surface area contributed by atoms with Crippen molar-refractivity contribution in [2.45, 2.75) is 42.4 Å². The van der Waals surface area contributed by atoms with Gasteiger partial charge in [-0.15, -0.1) is 0 Å². The molecule has 7 nitrogen and oxygen atoms in total. The van der Waals surface area contributed by atoms with Crippen molar-refractivity contribution >= 4 is 27.6 Å². The minimum atomic E-state index is -3.91. The van der Waals surface area contributed by atoms with Gasteiger partial charge in [0.25, 0.3) is 0 Å². The molecule has 154 valence electrons. The molecule has 4 unspecified atom stereocenters. The van der Waals surface area contributed by atoms with Gasteiger partial charge in [-0.25, -0.2) is 13.1 Å². The van der Waals surface area contributed by atoms with Crippen LogP contribution >= 0.6 is 11.6 Å². The lowest BCUT2D eigenvalue weighted by Crippen LogP contribution is -2.53. The Morgan fingerprint density at radius 1 is 1.07 bits per heavy atom. The van der Waals surface area contributed by atoms with E-state index in [4.69, 9.17) is 21.1 Å². The second kappa shape index (κ2) is 7.95. The van der Waals surface area contributed by atoms with Crippen LogP contribution in [0.2, 0.25) is 5.02 Å². The minimum Gasteiger partial charge on any atom is -0.481 e. The van der Waals surface area contributed by atoms with Crippen molar-refractivity contribution in [1.29, 1.82) is 0 Å². The van der Waals surface area contributed by atoms with Crippen molar-refractivity contribution < 1.29 is 27.8 Å². The van der Waals surface area contributed by atoms with E-state index in [-0.39, 0.29) is 11.0 Å². The fraction of sp³-hybridized carbons (Fsp3) is 0.350. The molecule has 9 heteroatoms. The number of ether oxygens (including phenoxy) is 2. The van der Waals surface area contributed by atoms with Crippen LogP contribution in [0.5, 0.6) is 11.5 Å². The highest BCUT2D eigenvalue weighted by molar-refractivity contribution is 7.89. The van der Waals surface area contributed by atoms with Gasteiger partial charge in [-0.3, -0.25) is 4.79 Å². The Labute approximate surface area is 173 Å². The summed E-state index contributed by atoms with van der Waals surface area (Å²) in [6, 6.07) is 11.9. The van der Waals surface area contributed by atoms with E-state index >= 15 is 0 Å². The number of sulfonamides is 1. The van der Waals surface area contributed by atoms with Gasteiger partial charge in [0.2, 0.25) is 10.0 Å². The van der Waals surface area contributed by atoms with E-state index in [1.807, 2.05) is 0 Å². The van der Waals surface area contributed by atoms with Gasteiger partial charge < -0.3 is 14.6 Å². The van der Waals surface area contributed by atoms with Gasteiger partial charge >= 0.3 is 5.97 Å². The van der Waals surface area contributed by atoms with Gasteiger partial charge in [0.15, 0.2) is 0 Å². The lowest BCUT2D eigenvalue weighted by molar-refractivity contribution is -0.149. The summed E-state index contributed by atoms with van der Waals surface area (Å²) in [5.41, 5.74) is 0. The van der Waals surface area contributed by atoms with E-state index in [0.717, 1.165) is 6.42 Å². The maximum atomic E-state index is 12.8. The molecule has 4 atom stereocenters. The molecule has 2 aromatic carbocycles. The number of halogens is 1. The van der Waals surface area contributed by atoms with Crippen LogP contribution in [-0.4, -0.2) is 37.7 Å². The first-order chi connectivity index (χ1) is 13.8. The summed E-state index contributed by atoms with van der Waals surface area (Å²) in [6.07, 6.45) is 1.19. The number of aliphatic carboxylic acids is 1. The fourth-order valence-corrected chi connectivity index (χ4v) is 5.28. The second-order valence-electron chi connectivity index (χ2n) is 7.23. The molecule has 0 radical (unpaired) electrons. The molecule has 29 heavy (non-hydrogen) atoms. The zero-order valence-corrected chi connectivity index (χ0v) is 16.9. The summed E-state index contributed by atoms with van der Waals surface area (Å²) in [6.45, 7) is 0. The predicted octanol–water partition coefficient (Wildman–Crippen LogP) is 3.43. The van der Waals surface area contributed by atoms with Gasteiger partial charge in [-0.1, -0.05) is 11.6 Å². The Hall–Kier alpha value is -2.13. The van der Waals surface area contributed by atoms with Crippen LogP contribution in [0, 0.1) is 5.92 Å². The molecule has 4 rings (SSSR count). The number of nitrogens with one attached hydrogen (secondary N) is 1. The third-order valence-corrected chi connectivity index (χ3v) is 7.01. The molecule has 0 aliphatic carbocycles. The molecule has 2 saturated heterocycles. The molecule has 2 aliphatic rings. The summed E-state index contributed by atoms with van der Waals surface area (Å²) in [5.74, 6) is -0.773. The van der Waals surface area contributed by atoms with Crippen molar-refractivity contribution in [2.75, 3.05) is 0 Å². The summed E-state index contributed by atoms with van der Waals surface area (Å²) in [5, 5.41) is 10.1. The second-order valence-corrected chi connectivity index (χ2v) is 9.38. The highest BCUT2D eigenvalue weighted by Gasteiger charge is 2.47. The number of hydrogen-bond acceptors (Lipinski definition) is 5. The zero-order valence-electron chi connectivity index (χ0n) is 15.3. The zero-order chi connectivity index (χ0) is 20.6. The third-order valence-electron chi connectivity index (χ3n) is 5.28. The number of carboxylic acid groups (broad SMARTS) is 1. The molecule has 2 N–H and O–H groups in total. The molecule has 2 aliphatic heterocycles. The lowest BCUT2D eigenvalue weighted by atomic mass is 9.91. The van der Waals surface area contributed by atoms with Gasteiger partial charge in [0.05, 0.1) is 29.1 Å². The molecule has 2 fully saturated rings. The maximum absolute atomic E-state index is 12.8. The topological polar surface area (TPSA) is 102 Å². The van der Waals surface area contributed by atoms with E-state index in [1.165, 1.54) is 12.1 Å². The highest BCUT2D eigenvalue weighted by atomic mass is 35.5. The average Bonchev–Trinajstić information content (AvgIpc) is 3.09. The van der Waals surface area contributed by atoms with Crippen LogP contribution < -0.4 is 9.46 Å². The first kappa shape index (κ1) is 20.2. The molecular formula is C20H20ClNO6S. The molecule has 0 spiro atoms. The normalized spacial score (nSPS) is 26.2. The van der Waals surface area contributed by atoms with E-state index in [1.54, 1.807) is 36.4 Å². The fourth-order valence-electron chi connectivity index (χ4n) is 3.85. The minimum absolute atomic E-state index is 0.0326. The maximum Gasteiger partial charge on any atom is 0.308 e. The van der Waals surface area contributed by atoms with Crippen molar-refractivity contribution in [1.82, 2.24) is 4.72 Å².